The summed E-state index contributed by atoms with van der Waals surface area (Å²) in [5, 5.41) is 0.736. The zero-order valence-corrected chi connectivity index (χ0v) is 33.6. The number of benzene rings is 2. The highest BCUT2D eigenvalue weighted by atomic mass is 35.5. The molecule has 7 atom stereocenters. The smallest absolute Gasteiger partial charge is 0.286 e. The lowest BCUT2D eigenvalue weighted by atomic mass is 9.68. The van der Waals surface area contributed by atoms with E-state index in [1.54, 1.807) is 19.4 Å². The van der Waals surface area contributed by atoms with Crippen LogP contribution < -0.4 is 19.1 Å². The van der Waals surface area contributed by atoms with Gasteiger partial charge in [-0.05, 0) is 105 Å². The molecule has 1 N–H and O–H groups in total. The van der Waals surface area contributed by atoms with Crippen LogP contribution in [0.25, 0.3) is 0 Å². The van der Waals surface area contributed by atoms with Gasteiger partial charge in [-0.25, -0.2) is 4.21 Å². The van der Waals surface area contributed by atoms with E-state index in [9.17, 15) is 13.8 Å². The molecule has 11 nitrogen and oxygen atoms in total. The first-order valence-corrected chi connectivity index (χ1v) is 21.5. The number of nitrogens with one attached hydrogen (secondary N) is 1. The second-order valence-electron chi connectivity index (χ2n) is 16.2. The van der Waals surface area contributed by atoms with E-state index in [1.165, 1.54) is 18.2 Å². The lowest BCUT2D eigenvalue weighted by molar-refractivity contribution is 0.0131. The van der Waals surface area contributed by atoms with Crippen molar-refractivity contribution in [2.45, 2.75) is 83.1 Å². The van der Waals surface area contributed by atoms with Gasteiger partial charge in [0.05, 0.1) is 49.7 Å². The van der Waals surface area contributed by atoms with Gasteiger partial charge in [0.25, 0.3) is 11.8 Å². The van der Waals surface area contributed by atoms with Gasteiger partial charge in [0.15, 0.2) is 5.75 Å². The number of allylic oxidation sites excluding steroid dienone is 1. The lowest BCUT2D eigenvalue weighted by Crippen LogP contribution is -2.49. The Hall–Kier alpha value is -3.84. The van der Waals surface area contributed by atoms with Gasteiger partial charge in [-0.3, -0.25) is 14.3 Å². The van der Waals surface area contributed by atoms with Gasteiger partial charge in [0.1, 0.15) is 21.2 Å². The highest BCUT2D eigenvalue weighted by Gasteiger charge is 2.44. The summed E-state index contributed by atoms with van der Waals surface area (Å²) in [5.74, 6) is 0.261. The van der Waals surface area contributed by atoms with E-state index in [1.807, 2.05) is 36.6 Å². The molecule has 1 aromatic heterocycles. The lowest BCUT2D eigenvalue weighted by Gasteiger charge is -2.46. The van der Waals surface area contributed by atoms with E-state index in [4.69, 9.17) is 30.5 Å². The fourth-order valence-corrected chi connectivity index (χ4v) is 11.5. The Labute approximate surface area is 329 Å². The molecule has 1 spiro atoms. The normalized spacial score (nSPS) is 31.0. The molecule has 13 heteroatoms. The summed E-state index contributed by atoms with van der Waals surface area (Å²) in [6.45, 7) is 6.71. The Balaban J connectivity index is 1.19. The average molecular weight is 791 g/mol. The molecular weight excluding hydrogens is 740 g/mol. The van der Waals surface area contributed by atoms with Gasteiger partial charge in [0.2, 0.25) is 0 Å². The zero-order chi connectivity index (χ0) is 38.5. The highest BCUT2D eigenvalue weighted by Crippen LogP contribution is 2.47. The van der Waals surface area contributed by atoms with Crippen LogP contribution in [0, 0.1) is 17.8 Å². The van der Waals surface area contributed by atoms with Gasteiger partial charge in [-0.15, -0.1) is 4.36 Å². The van der Waals surface area contributed by atoms with E-state index in [2.05, 4.69) is 38.3 Å². The van der Waals surface area contributed by atoms with Crippen molar-refractivity contribution in [3.05, 3.63) is 87.7 Å². The van der Waals surface area contributed by atoms with Crippen molar-refractivity contribution in [1.29, 1.82) is 0 Å². The second-order valence-corrected chi connectivity index (χ2v) is 18.6. The molecule has 1 fully saturated rings. The molecule has 55 heavy (non-hydrogen) atoms. The van der Waals surface area contributed by atoms with Crippen LogP contribution in [0.5, 0.6) is 11.5 Å². The first-order valence-electron chi connectivity index (χ1n) is 19.5. The van der Waals surface area contributed by atoms with Crippen LogP contribution in [-0.4, -0.2) is 72.5 Å². The molecule has 0 saturated heterocycles. The Kier molecular flexibility index (Phi) is 10.6. The summed E-state index contributed by atoms with van der Waals surface area (Å²) < 4.78 is 48.1. The molecule has 2 aromatic carbocycles. The predicted octanol–water partition coefficient (Wildman–Crippen LogP) is 7.13. The Bertz CT molecular complexity index is 2140. The number of amides is 2. The number of halogens is 1. The molecule has 4 heterocycles. The average Bonchev–Trinajstić information content (AvgIpc) is 3.44. The highest BCUT2D eigenvalue weighted by molar-refractivity contribution is 7.92. The molecule has 2 aliphatic carbocycles. The molecule has 5 aliphatic rings. The van der Waals surface area contributed by atoms with Crippen molar-refractivity contribution in [3.63, 3.8) is 0 Å². The molecule has 2 amide bonds. The maximum Gasteiger partial charge on any atom is 0.286 e. The minimum Gasteiger partial charge on any atom is -0.494 e. The van der Waals surface area contributed by atoms with Crippen LogP contribution in [0.15, 0.2) is 59.1 Å². The Morgan fingerprint density at radius 3 is 2.76 bits per heavy atom. The van der Waals surface area contributed by atoms with Crippen molar-refractivity contribution in [2.24, 2.45) is 22.1 Å². The van der Waals surface area contributed by atoms with Crippen LogP contribution in [-0.2, 0) is 44.4 Å². The number of carbonyl (C=O) groups excluding carboxylic acids is 2. The first kappa shape index (κ1) is 38.1. The first-order chi connectivity index (χ1) is 26.5. The van der Waals surface area contributed by atoms with E-state index in [0.717, 1.165) is 55.1 Å². The predicted molar refractivity (Wildman–Crippen MR) is 213 cm³/mol. The Morgan fingerprint density at radius 2 is 1.98 bits per heavy atom. The number of ether oxygens (including phenoxy) is 4. The van der Waals surface area contributed by atoms with E-state index in [-0.39, 0.29) is 47.0 Å². The van der Waals surface area contributed by atoms with Crippen LogP contribution >= 0.6 is 11.6 Å². The van der Waals surface area contributed by atoms with Crippen LogP contribution in [0.3, 0.4) is 0 Å². The summed E-state index contributed by atoms with van der Waals surface area (Å²) >= 11 is 6.48. The molecule has 1 unspecified atom stereocenters. The maximum absolute atomic E-state index is 14.8. The molecule has 0 radical (unpaired) electrons. The number of methoxy groups -OCH3 is 2. The van der Waals surface area contributed by atoms with E-state index in [0.29, 0.717) is 49.5 Å². The van der Waals surface area contributed by atoms with Crippen LogP contribution in [0.2, 0.25) is 5.02 Å². The monoisotopic (exact) mass is 790 g/mol. The van der Waals surface area contributed by atoms with Gasteiger partial charge < -0.3 is 28.4 Å². The van der Waals surface area contributed by atoms with Gasteiger partial charge in [-0.1, -0.05) is 36.7 Å². The molecular formula is C42H51ClN4O7S. The van der Waals surface area contributed by atoms with Crippen molar-refractivity contribution < 1.29 is 32.7 Å². The number of hydrogen-bond acceptors (Lipinski definition) is 8. The third kappa shape index (κ3) is 7.43. The third-order valence-electron chi connectivity index (χ3n) is 12.3. The van der Waals surface area contributed by atoms with E-state index >= 15 is 0 Å². The summed E-state index contributed by atoms with van der Waals surface area (Å²) in [6, 6.07) is 11.6. The van der Waals surface area contributed by atoms with Crippen molar-refractivity contribution >= 4 is 39.0 Å². The molecule has 3 aliphatic heterocycles. The molecule has 2 bridgehead atoms. The second kappa shape index (κ2) is 15.2. The van der Waals surface area contributed by atoms with Gasteiger partial charge in [-0.2, -0.15) is 0 Å². The van der Waals surface area contributed by atoms with Gasteiger partial charge in [0, 0.05) is 48.9 Å². The fraction of sp³-hybridized carbons (Fsp3) is 0.524. The van der Waals surface area contributed by atoms with Crippen molar-refractivity contribution in [2.75, 3.05) is 44.6 Å². The number of rotatable bonds is 4. The zero-order valence-electron chi connectivity index (χ0n) is 32.1. The number of anilines is 1. The SMILES string of the molecule is COc1c(C(=O)NS2(=O)=NC(=O)c3ccc4c(c3)N(C[C@@H]3CC[C@H]3[C@@H](OC)/C=C\C[C@H](C)C2)C[C@@]2(CCCc3cc(Cl)ccc32)CO4)cn2c1CO[C@@H](C)C2. The number of hydrogen-bond donors (Lipinski definition) is 1. The fourth-order valence-electron chi connectivity index (χ4n) is 9.40. The van der Waals surface area contributed by atoms with Gasteiger partial charge >= 0.3 is 0 Å². The third-order valence-corrected chi connectivity index (χ3v) is 14.5. The Morgan fingerprint density at radius 1 is 1.13 bits per heavy atom. The number of fused-ring (bicyclic) bond motifs is 5. The minimum atomic E-state index is -3.62. The summed E-state index contributed by atoms with van der Waals surface area (Å²) in [5.41, 5.74) is 4.29. The van der Waals surface area contributed by atoms with Crippen LogP contribution in [0.4, 0.5) is 5.69 Å². The summed E-state index contributed by atoms with van der Waals surface area (Å²) in [7, 11) is -0.360. The van der Waals surface area contributed by atoms with Crippen LogP contribution in [0.1, 0.15) is 83.5 Å². The molecule has 8 rings (SSSR count). The maximum atomic E-state index is 14.8. The number of aromatic nitrogens is 1. The number of carbonyl (C=O) groups is 2. The quantitative estimate of drug-likeness (QED) is 0.277. The van der Waals surface area contributed by atoms with E-state index < -0.39 is 21.7 Å². The van der Waals surface area contributed by atoms with Crippen molar-refractivity contribution in [3.8, 4) is 11.5 Å². The topological polar surface area (TPSA) is 121 Å². The molecule has 294 valence electrons. The standard InChI is InChI=1S/C42H51ClN4O7S/c1-26-7-5-9-37(51-3)32-13-10-30(32)20-47-24-42(16-6-8-28-17-31(43)12-14-34(28)42)25-54-38-15-11-29(18-35(38)47)40(48)44-55(50,23-26)45-41(49)33-21-46-19-27(2)53-22-36(46)39(33)52-4/h5,9,11-12,14-15,17-18,21,26-27,30,32,37H,6-8,10,13,16,19-20,22-25H2,1-4H3,(H,44,45,48,49,50)/b9-5-/t26-,27-,30-,32+,37-,42-,55?/m0/s1. The molecule has 1 saturated carbocycles. The summed E-state index contributed by atoms with van der Waals surface area (Å²) in [6.07, 6.45) is 11.5. The number of aryl methyl sites for hydroxylation is 1. The number of nitrogens with zero attached hydrogens (tertiary/aromatic N) is 3. The minimum absolute atomic E-state index is 0.0271. The van der Waals surface area contributed by atoms with Crippen molar-refractivity contribution in [1.82, 2.24) is 9.29 Å². The largest absolute Gasteiger partial charge is 0.494 e. The summed E-state index contributed by atoms with van der Waals surface area (Å²) in [4.78, 5) is 30.6. The molecule has 3 aromatic rings.